The van der Waals surface area contributed by atoms with Crippen molar-refractivity contribution < 1.29 is 9.90 Å². The smallest absolute Gasteiger partial charge is 0.273 e. The first-order valence-corrected chi connectivity index (χ1v) is 7.99. The van der Waals surface area contributed by atoms with Gasteiger partial charge in [0.2, 0.25) is 5.91 Å². The van der Waals surface area contributed by atoms with Crippen LogP contribution in [0.25, 0.3) is 11.0 Å². The van der Waals surface area contributed by atoms with Gasteiger partial charge in [0.25, 0.3) is 5.56 Å². The number of carbonyl (C=O) groups is 1. The van der Waals surface area contributed by atoms with Crippen LogP contribution < -0.4 is 16.2 Å². The molecule has 130 valence electrons. The molecule has 0 spiro atoms. The van der Waals surface area contributed by atoms with Crippen molar-refractivity contribution in [2.75, 3.05) is 6.54 Å². The van der Waals surface area contributed by atoms with E-state index in [9.17, 15) is 14.7 Å². The average Bonchev–Trinajstić information content (AvgIpc) is 2.99. The number of fused-ring (bicyclic) bond motifs is 1. The van der Waals surface area contributed by atoms with Gasteiger partial charge in [0.1, 0.15) is 0 Å². The minimum atomic E-state index is -0.775. The number of hydrogen-bond acceptors (Lipinski definition) is 5. The van der Waals surface area contributed by atoms with Gasteiger partial charge in [-0.3, -0.25) is 19.4 Å². The molecule has 2 aromatic heterocycles. The number of aromatic amines is 1. The zero-order chi connectivity index (χ0) is 17.6. The monoisotopic (exact) mass is 333 g/mol. The van der Waals surface area contributed by atoms with Gasteiger partial charge in [-0.05, 0) is 31.9 Å². The number of β-amino-alcohol motifs (C(OH)–C–C–N with tert-alkyl or cyclic N) is 1. The number of amides is 1. The molecule has 4 N–H and O–H groups in total. The quantitative estimate of drug-likeness (QED) is 0.611. The lowest BCUT2D eigenvalue weighted by Crippen LogP contribution is -2.51. The zero-order valence-electron chi connectivity index (χ0n) is 14.4. The van der Waals surface area contributed by atoms with E-state index >= 15 is 0 Å². The first kappa shape index (κ1) is 16.7. The Labute approximate surface area is 139 Å². The SMILES string of the molecule is Cc1nc2c(c(C)c1CNC(=O)C1(C)CC(O)CN1)c(=O)[nH]n2C. The van der Waals surface area contributed by atoms with Crippen LogP contribution in [0.2, 0.25) is 0 Å². The van der Waals surface area contributed by atoms with Crippen molar-refractivity contribution in [1.29, 1.82) is 0 Å². The summed E-state index contributed by atoms with van der Waals surface area (Å²) in [5, 5.41) is 18.9. The van der Waals surface area contributed by atoms with Gasteiger partial charge in [0, 0.05) is 32.3 Å². The topological polar surface area (TPSA) is 112 Å². The molecule has 1 aliphatic rings. The fourth-order valence-electron chi connectivity index (χ4n) is 3.40. The van der Waals surface area contributed by atoms with E-state index < -0.39 is 11.6 Å². The van der Waals surface area contributed by atoms with Gasteiger partial charge in [-0.2, -0.15) is 0 Å². The number of aromatic nitrogens is 3. The Bertz CT molecular complexity index is 869. The number of aryl methyl sites for hydroxylation is 3. The minimum absolute atomic E-state index is 0.167. The molecule has 3 heterocycles. The van der Waals surface area contributed by atoms with Crippen LogP contribution in [0.1, 0.15) is 30.2 Å². The molecule has 0 aromatic carbocycles. The van der Waals surface area contributed by atoms with Crippen molar-refractivity contribution in [3.63, 3.8) is 0 Å². The van der Waals surface area contributed by atoms with Gasteiger partial charge in [-0.1, -0.05) is 0 Å². The summed E-state index contributed by atoms with van der Waals surface area (Å²) in [5.74, 6) is -0.167. The van der Waals surface area contributed by atoms with Gasteiger partial charge >= 0.3 is 0 Å². The minimum Gasteiger partial charge on any atom is -0.392 e. The average molecular weight is 333 g/mol. The standard InChI is InChI=1S/C16H23N5O3/c1-8-11(7-17-15(24)16(3)5-10(22)6-18-16)9(2)19-13-12(8)14(23)20-21(13)4/h10,18,22H,5-7H2,1-4H3,(H,17,24)(H,20,23). The maximum absolute atomic E-state index is 12.5. The third-order valence-electron chi connectivity index (χ3n) is 4.87. The van der Waals surface area contributed by atoms with E-state index in [0.29, 0.717) is 30.5 Å². The molecule has 8 nitrogen and oxygen atoms in total. The fourth-order valence-corrected chi connectivity index (χ4v) is 3.40. The summed E-state index contributed by atoms with van der Waals surface area (Å²) in [5.41, 5.74) is 2.09. The molecule has 1 amide bonds. The molecular formula is C16H23N5O3. The van der Waals surface area contributed by atoms with Crippen LogP contribution in [0.5, 0.6) is 0 Å². The summed E-state index contributed by atoms with van der Waals surface area (Å²) >= 11 is 0. The second-order valence-electron chi connectivity index (χ2n) is 6.75. The normalized spacial score (nSPS) is 23.8. The lowest BCUT2D eigenvalue weighted by molar-refractivity contribution is -0.126. The van der Waals surface area contributed by atoms with Gasteiger partial charge in [-0.15, -0.1) is 0 Å². The Hall–Kier alpha value is -2.19. The van der Waals surface area contributed by atoms with Gasteiger partial charge in [0.05, 0.1) is 17.0 Å². The first-order valence-electron chi connectivity index (χ1n) is 7.99. The molecule has 2 aromatic rings. The van der Waals surface area contributed by atoms with Crippen LogP contribution in [0.3, 0.4) is 0 Å². The molecule has 0 radical (unpaired) electrons. The first-order chi connectivity index (χ1) is 11.2. The van der Waals surface area contributed by atoms with E-state index in [4.69, 9.17) is 0 Å². The summed E-state index contributed by atoms with van der Waals surface area (Å²) in [6.45, 7) is 6.22. The maximum Gasteiger partial charge on any atom is 0.273 e. The van der Waals surface area contributed by atoms with Gasteiger partial charge in [0.15, 0.2) is 5.65 Å². The lowest BCUT2D eigenvalue weighted by Gasteiger charge is -2.23. The van der Waals surface area contributed by atoms with Crippen molar-refractivity contribution in [2.24, 2.45) is 7.05 Å². The van der Waals surface area contributed by atoms with Crippen LogP contribution >= 0.6 is 0 Å². The number of rotatable bonds is 3. The third-order valence-corrected chi connectivity index (χ3v) is 4.87. The van der Waals surface area contributed by atoms with Gasteiger partial charge in [-0.25, -0.2) is 4.98 Å². The van der Waals surface area contributed by atoms with E-state index in [1.165, 1.54) is 0 Å². The Morgan fingerprint density at radius 1 is 1.50 bits per heavy atom. The fraction of sp³-hybridized carbons (Fsp3) is 0.562. The van der Waals surface area contributed by atoms with Crippen LogP contribution in [0.15, 0.2) is 4.79 Å². The summed E-state index contributed by atoms with van der Waals surface area (Å²) in [4.78, 5) is 29.0. The Kier molecular flexibility index (Phi) is 3.97. The van der Waals surface area contributed by atoms with E-state index in [1.807, 2.05) is 13.8 Å². The largest absolute Gasteiger partial charge is 0.392 e. The van der Waals surface area contributed by atoms with Crippen molar-refractivity contribution in [3.05, 3.63) is 27.2 Å². The van der Waals surface area contributed by atoms with E-state index in [-0.39, 0.29) is 11.5 Å². The molecule has 24 heavy (non-hydrogen) atoms. The highest BCUT2D eigenvalue weighted by atomic mass is 16.3. The van der Waals surface area contributed by atoms with Crippen LogP contribution in [-0.4, -0.2) is 44.0 Å². The third kappa shape index (κ3) is 2.61. The molecule has 1 aliphatic heterocycles. The predicted molar refractivity (Wildman–Crippen MR) is 89.7 cm³/mol. The Balaban J connectivity index is 1.87. The molecular weight excluding hydrogens is 310 g/mol. The molecule has 0 saturated carbocycles. The molecule has 1 saturated heterocycles. The number of carbonyl (C=O) groups excluding carboxylic acids is 1. The Morgan fingerprint density at radius 2 is 2.21 bits per heavy atom. The highest BCUT2D eigenvalue weighted by molar-refractivity contribution is 5.86. The number of nitrogens with one attached hydrogen (secondary N) is 3. The molecule has 0 bridgehead atoms. The van der Waals surface area contributed by atoms with E-state index in [2.05, 4.69) is 20.7 Å². The van der Waals surface area contributed by atoms with Crippen LogP contribution in [0.4, 0.5) is 0 Å². The maximum atomic E-state index is 12.5. The second-order valence-corrected chi connectivity index (χ2v) is 6.75. The van der Waals surface area contributed by atoms with E-state index in [1.54, 1.807) is 18.7 Å². The molecule has 8 heteroatoms. The predicted octanol–water partition coefficient (Wildman–Crippen LogP) is -0.392. The van der Waals surface area contributed by atoms with Crippen molar-refractivity contribution in [1.82, 2.24) is 25.4 Å². The molecule has 2 unspecified atom stereocenters. The number of H-pyrrole nitrogens is 1. The number of hydrogen-bond donors (Lipinski definition) is 4. The number of pyridine rings is 1. The van der Waals surface area contributed by atoms with Crippen molar-refractivity contribution in [2.45, 2.75) is 45.4 Å². The van der Waals surface area contributed by atoms with E-state index in [0.717, 1.165) is 16.8 Å². The molecule has 0 aliphatic carbocycles. The van der Waals surface area contributed by atoms with Crippen LogP contribution in [-0.2, 0) is 18.4 Å². The zero-order valence-corrected chi connectivity index (χ0v) is 14.4. The molecule has 1 fully saturated rings. The number of aliphatic hydroxyl groups is 1. The highest BCUT2D eigenvalue weighted by Gasteiger charge is 2.40. The molecule has 2 atom stereocenters. The lowest BCUT2D eigenvalue weighted by atomic mass is 9.97. The summed E-state index contributed by atoms with van der Waals surface area (Å²) in [7, 11) is 1.75. The van der Waals surface area contributed by atoms with Crippen molar-refractivity contribution >= 4 is 16.9 Å². The summed E-state index contributed by atoms with van der Waals surface area (Å²) in [6.07, 6.45) is -0.128. The summed E-state index contributed by atoms with van der Waals surface area (Å²) in [6, 6.07) is 0. The Morgan fingerprint density at radius 3 is 2.83 bits per heavy atom. The number of nitrogens with zero attached hydrogens (tertiary/aromatic N) is 2. The highest BCUT2D eigenvalue weighted by Crippen LogP contribution is 2.22. The second kappa shape index (κ2) is 5.71. The molecule has 3 rings (SSSR count). The van der Waals surface area contributed by atoms with Crippen molar-refractivity contribution in [3.8, 4) is 0 Å². The number of aliphatic hydroxyl groups excluding tert-OH is 1. The van der Waals surface area contributed by atoms with Crippen LogP contribution in [0, 0.1) is 13.8 Å². The van der Waals surface area contributed by atoms with Gasteiger partial charge < -0.3 is 15.7 Å². The summed E-state index contributed by atoms with van der Waals surface area (Å²) < 4.78 is 1.60.